The summed E-state index contributed by atoms with van der Waals surface area (Å²) in [6, 6.07) is 0. The second-order valence-electron chi connectivity index (χ2n) is 4.30. The van der Waals surface area contributed by atoms with E-state index < -0.39 is 0 Å². The SMILES string of the molecule is C=C1CCCCCC12CCC2. The van der Waals surface area contributed by atoms with Crippen LogP contribution in [0.5, 0.6) is 0 Å². The molecule has 0 bridgehead atoms. The van der Waals surface area contributed by atoms with Gasteiger partial charge in [0.05, 0.1) is 0 Å². The number of allylic oxidation sites excluding steroid dienone is 1. The molecule has 0 amide bonds. The second-order valence-corrected chi connectivity index (χ2v) is 4.30. The van der Waals surface area contributed by atoms with Gasteiger partial charge in [0.1, 0.15) is 0 Å². The van der Waals surface area contributed by atoms with E-state index >= 15 is 0 Å². The Balaban J connectivity index is 2.09. The zero-order valence-electron chi connectivity index (χ0n) is 7.36. The van der Waals surface area contributed by atoms with Crippen molar-refractivity contribution in [1.82, 2.24) is 0 Å². The van der Waals surface area contributed by atoms with Crippen LogP contribution in [0.2, 0.25) is 0 Å². The Morgan fingerprint density at radius 3 is 2.27 bits per heavy atom. The van der Waals surface area contributed by atoms with Gasteiger partial charge in [-0.3, -0.25) is 0 Å². The molecule has 2 fully saturated rings. The summed E-state index contributed by atoms with van der Waals surface area (Å²) in [5.74, 6) is 0. The molecule has 2 aliphatic carbocycles. The molecule has 0 aliphatic heterocycles. The molecule has 0 radical (unpaired) electrons. The first-order chi connectivity index (χ1) is 5.33. The number of rotatable bonds is 0. The smallest absolute Gasteiger partial charge is 0.00908 e. The molecule has 0 N–H and O–H groups in total. The van der Waals surface area contributed by atoms with Gasteiger partial charge < -0.3 is 0 Å². The van der Waals surface area contributed by atoms with Gasteiger partial charge in [0.25, 0.3) is 0 Å². The van der Waals surface area contributed by atoms with Crippen LogP contribution < -0.4 is 0 Å². The highest BCUT2D eigenvalue weighted by atomic mass is 14.4. The summed E-state index contributed by atoms with van der Waals surface area (Å²) in [6.45, 7) is 4.25. The van der Waals surface area contributed by atoms with E-state index in [2.05, 4.69) is 6.58 Å². The summed E-state index contributed by atoms with van der Waals surface area (Å²) in [5, 5.41) is 0. The van der Waals surface area contributed by atoms with E-state index in [1.807, 2.05) is 0 Å². The van der Waals surface area contributed by atoms with Crippen LogP contribution in [-0.4, -0.2) is 0 Å². The van der Waals surface area contributed by atoms with Crippen molar-refractivity contribution < 1.29 is 0 Å². The minimum atomic E-state index is 0.649. The molecule has 0 atom stereocenters. The minimum absolute atomic E-state index is 0.649. The maximum absolute atomic E-state index is 4.25. The molecule has 2 rings (SSSR count). The van der Waals surface area contributed by atoms with Crippen LogP contribution in [0, 0.1) is 5.41 Å². The molecule has 0 aromatic rings. The lowest BCUT2D eigenvalue weighted by Gasteiger charge is -2.43. The summed E-state index contributed by atoms with van der Waals surface area (Å²) in [5.41, 5.74) is 2.23. The van der Waals surface area contributed by atoms with Crippen molar-refractivity contribution >= 4 is 0 Å². The van der Waals surface area contributed by atoms with Crippen molar-refractivity contribution in [3.8, 4) is 0 Å². The van der Waals surface area contributed by atoms with E-state index in [0.29, 0.717) is 5.41 Å². The van der Waals surface area contributed by atoms with Gasteiger partial charge in [-0.1, -0.05) is 31.4 Å². The lowest BCUT2D eigenvalue weighted by Crippen LogP contribution is -2.30. The van der Waals surface area contributed by atoms with Crippen molar-refractivity contribution in [3.05, 3.63) is 12.2 Å². The van der Waals surface area contributed by atoms with Crippen molar-refractivity contribution in [2.45, 2.75) is 51.4 Å². The molecule has 0 unspecified atom stereocenters. The molecular weight excluding hydrogens is 132 g/mol. The average Bonchev–Trinajstić information content (AvgIpc) is 2.09. The van der Waals surface area contributed by atoms with Gasteiger partial charge in [-0.2, -0.15) is 0 Å². The van der Waals surface area contributed by atoms with E-state index in [9.17, 15) is 0 Å². The monoisotopic (exact) mass is 150 g/mol. The van der Waals surface area contributed by atoms with E-state index in [1.165, 1.54) is 51.4 Å². The topological polar surface area (TPSA) is 0 Å². The van der Waals surface area contributed by atoms with Crippen LogP contribution in [-0.2, 0) is 0 Å². The Kier molecular flexibility index (Phi) is 1.78. The van der Waals surface area contributed by atoms with Crippen LogP contribution in [0.15, 0.2) is 12.2 Å². The molecule has 2 saturated carbocycles. The summed E-state index contributed by atoms with van der Waals surface area (Å²) in [7, 11) is 0. The van der Waals surface area contributed by atoms with Gasteiger partial charge >= 0.3 is 0 Å². The van der Waals surface area contributed by atoms with E-state index in [0.717, 1.165) is 0 Å². The molecule has 11 heavy (non-hydrogen) atoms. The predicted molar refractivity (Wildman–Crippen MR) is 48.5 cm³/mol. The zero-order chi connectivity index (χ0) is 7.73. The number of hydrogen-bond donors (Lipinski definition) is 0. The fraction of sp³-hybridized carbons (Fsp3) is 0.818. The van der Waals surface area contributed by atoms with E-state index in [4.69, 9.17) is 0 Å². The first-order valence-electron chi connectivity index (χ1n) is 5.02. The molecule has 0 nitrogen and oxygen atoms in total. The van der Waals surface area contributed by atoms with Crippen molar-refractivity contribution in [2.75, 3.05) is 0 Å². The van der Waals surface area contributed by atoms with E-state index in [1.54, 1.807) is 5.57 Å². The maximum atomic E-state index is 4.25. The fourth-order valence-electron chi connectivity index (χ4n) is 2.63. The summed E-state index contributed by atoms with van der Waals surface area (Å²) in [4.78, 5) is 0. The van der Waals surface area contributed by atoms with Crippen LogP contribution in [0.1, 0.15) is 51.4 Å². The molecule has 1 spiro atoms. The van der Waals surface area contributed by atoms with Crippen molar-refractivity contribution in [2.24, 2.45) is 5.41 Å². The van der Waals surface area contributed by atoms with Gasteiger partial charge in [-0.05, 0) is 37.5 Å². The van der Waals surface area contributed by atoms with Crippen molar-refractivity contribution in [3.63, 3.8) is 0 Å². The van der Waals surface area contributed by atoms with Crippen LogP contribution in [0.3, 0.4) is 0 Å². The van der Waals surface area contributed by atoms with Crippen molar-refractivity contribution in [1.29, 1.82) is 0 Å². The first kappa shape index (κ1) is 7.39. The molecule has 62 valence electrons. The van der Waals surface area contributed by atoms with Gasteiger partial charge in [-0.25, -0.2) is 0 Å². The Bertz CT molecular complexity index is 163. The third kappa shape index (κ3) is 1.13. The molecule has 2 aliphatic rings. The Labute approximate surface area is 69.7 Å². The summed E-state index contributed by atoms with van der Waals surface area (Å²) >= 11 is 0. The third-order valence-corrected chi connectivity index (χ3v) is 3.69. The third-order valence-electron chi connectivity index (χ3n) is 3.69. The van der Waals surface area contributed by atoms with Crippen LogP contribution in [0.25, 0.3) is 0 Å². The van der Waals surface area contributed by atoms with Crippen LogP contribution in [0.4, 0.5) is 0 Å². The quantitative estimate of drug-likeness (QED) is 0.462. The highest BCUT2D eigenvalue weighted by molar-refractivity contribution is 5.15. The lowest BCUT2D eigenvalue weighted by atomic mass is 9.62. The summed E-state index contributed by atoms with van der Waals surface area (Å²) < 4.78 is 0. The highest BCUT2D eigenvalue weighted by Gasteiger charge is 2.39. The molecule has 0 saturated heterocycles. The van der Waals surface area contributed by atoms with Gasteiger partial charge in [-0.15, -0.1) is 0 Å². The maximum Gasteiger partial charge on any atom is -0.00908 e. The minimum Gasteiger partial charge on any atom is -0.0993 e. The Hall–Kier alpha value is -0.260. The molecule has 0 heteroatoms. The Morgan fingerprint density at radius 1 is 0.909 bits per heavy atom. The standard InChI is InChI=1S/C11H18/c1-10-6-3-2-4-7-11(10)8-5-9-11/h1-9H2. The van der Waals surface area contributed by atoms with Gasteiger partial charge in [0, 0.05) is 0 Å². The Morgan fingerprint density at radius 2 is 1.64 bits per heavy atom. The normalized spacial score (nSPS) is 29.6. The zero-order valence-corrected chi connectivity index (χ0v) is 7.36. The van der Waals surface area contributed by atoms with Gasteiger partial charge in [0.2, 0.25) is 0 Å². The predicted octanol–water partition coefficient (Wildman–Crippen LogP) is 3.68. The first-order valence-corrected chi connectivity index (χ1v) is 5.02. The average molecular weight is 150 g/mol. The molecule has 0 heterocycles. The van der Waals surface area contributed by atoms with Crippen LogP contribution >= 0.6 is 0 Å². The largest absolute Gasteiger partial charge is 0.0993 e. The second kappa shape index (κ2) is 2.66. The number of hydrogen-bond acceptors (Lipinski definition) is 0. The summed E-state index contributed by atoms with van der Waals surface area (Å²) in [6.07, 6.45) is 11.4. The highest BCUT2D eigenvalue weighted by Crippen LogP contribution is 2.52. The van der Waals surface area contributed by atoms with Gasteiger partial charge in [0.15, 0.2) is 0 Å². The van der Waals surface area contributed by atoms with E-state index in [-0.39, 0.29) is 0 Å². The molecule has 0 aromatic heterocycles. The lowest BCUT2D eigenvalue weighted by molar-refractivity contribution is 0.169. The molecular formula is C11H18. The molecule has 0 aromatic carbocycles. The fourth-order valence-corrected chi connectivity index (χ4v) is 2.63.